The Hall–Kier alpha value is -3.03. The van der Waals surface area contributed by atoms with Crippen molar-refractivity contribution in [2.75, 3.05) is 7.11 Å². The van der Waals surface area contributed by atoms with Crippen LogP contribution in [0.15, 0.2) is 65.2 Å². The van der Waals surface area contributed by atoms with Gasteiger partial charge < -0.3 is 20.3 Å². The zero-order valence-corrected chi connectivity index (χ0v) is 15.9. The van der Waals surface area contributed by atoms with Crippen molar-refractivity contribution in [1.29, 1.82) is 0 Å². The van der Waals surface area contributed by atoms with Gasteiger partial charge >= 0.3 is 5.97 Å². The van der Waals surface area contributed by atoms with E-state index in [1.54, 1.807) is 19.3 Å². The first-order valence-corrected chi connectivity index (χ1v) is 9.20. The van der Waals surface area contributed by atoms with Crippen molar-refractivity contribution in [3.63, 3.8) is 0 Å². The normalized spacial score (nSPS) is 19.3. The van der Waals surface area contributed by atoms with Crippen LogP contribution in [0.3, 0.4) is 0 Å². The van der Waals surface area contributed by atoms with Crippen molar-refractivity contribution < 1.29 is 28.9 Å². The van der Waals surface area contributed by atoms with Crippen molar-refractivity contribution in [1.82, 2.24) is 5.32 Å². The fourth-order valence-electron chi connectivity index (χ4n) is 3.46. The Labute approximate surface area is 167 Å². The van der Waals surface area contributed by atoms with E-state index in [0.29, 0.717) is 12.2 Å². The molecular weight excluding hydrogens is 377 g/mol. The molecule has 3 N–H and O–H groups in total. The monoisotopic (exact) mass is 399 g/mol. The summed E-state index contributed by atoms with van der Waals surface area (Å²) in [6, 6.07) is 7.52. The van der Waals surface area contributed by atoms with Crippen molar-refractivity contribution in [2.45, 2.75) is 32.0 Å². The Kier molecular flexibility index (Phi) is 6.41. The molecule has 1 amide bonds. The lowest BCUT2D eigenvalue weighted by molar-refractivity contribution is -0.133. The summed E-state index contributed by atoms with van der Waals surface area (Å²) in [4.78, 5) is 23.8. The molecule has 6 nitrogen and oxygen atoms in total. The summed E-state index contributed by atoms with van der Waals surface area (Å²) in [6.07, 6.45) is 3.69. The maximum absolute atomic E-state index is 14.4. The molecule has 2 aliphatic carbocycles. The molecule has 1 atom stereocenters. The smallest absolute Gasteiger partial charge is 0.332 e. The number of carboxylic acid groups (broad SMARTS) is 1. The summed E-state index contributed by atoms with van der Waals surface area (Å²) >= 11 is 0. The van der Waals surface area contributed by atoms with E-state index in [0.717, 1.165) is 11.1 Å². The molecule has 0 saturated carbocycles. The highest BCUT2D eigenvalue weighted by Gasteiger charge is 2.32. The predicted octanol–water partition coefficient (Wildman–Crippen LogP) is 3.01. The number of methoxy groups -OCH3 is 1. The summed E-state index contributed by atoms with van der Waals surface area (Å²) < 4.78 is 19.6. The number of ether oxygens (including phenoxy) is 1. The van der Waals surface area contributed by atoms with E-state index in [2.05, 4.69) is 5.32 Å². The zero-order valence-electron chi connectivity index (χ0n) is 15.9. The van der Waals surface area contributed by atoms with Crippen LogP contribution in [-0.4, -0.2) is 35.3 Å². The van der Waals surface area contributed by atoms with Gasteiger partial charge in [0.25, 0.3) is 5.91 Å². The van der Waals surface area contributed by atoms with Crippen LogP contribution in [0.4, 0.5) is 4.39 Å². The molecule has 0 aliphatic heterocycles. The number of carbonyl (C=O) groups is 2. The first-order valence-electron chi connectivity index (χ1n) is 9.20. The van der Waals surface area contributed by atoms with Gasteiger partial charge in [-0.2, -0.15) is 0 Å². The number of halogens is 1. The number of aliphatic hydroxyl groups excluding tert-OH is 1. The summed E-state index contributed by atoms with van der Waals surface area (Å²) in [7, 11) is 1.60. The number of benzene rings is 1. The highest BCUT2D eigenvalue weighted by Crippen LogP contribution is 2.29. The van der Waals surface area contributed by atoms with Crippen LogP contribution < -0.4 is 5.32 Å². The molecule has 29 heavy (non-hydrogen) atoms. The van der Waals surface area contributed by atoms with Crippen LogP contribution in [0, 0.1) is 0 Å². The van der Waals surface area contributed by atoms with Gasteiger partial charge in [-0.25, -0.2) is 9.18 Å². The fraction of sp³-hybridized carbons (Fsp3) is 0.273. The largest absolute Gasteiger partial charge is 0.478 e. The van der Waals surface area contributed by atoms with Crippen molar-refractivity contribution in [3.8, 4) is 0 Å². The third kappa shape index (κ3) is 4.88. The number of nitrogens with one attached hydrogen (secondary N) is 1. The van der Waals surface area contributed by atoms with Gasteiger partial charge in [0.15, 0.2) is 0 Å². The molecule has 0 spiro atoms. The Balaban J connectivity index is 1.84. The number of aliphatic hydroxyl groups is 1. The quantitative estimate of drug-likeness (QED) is 0.683. The summed E-state index contributed by atoms with van der Waals surface area (Å²) in [5.74, 6) is -2.40. The Morgan fingerprint density at radius 1 is 1.31 bits per heavy atom. The molecule has 0 radical (unpaired) electrons. The van der Waals surface area contributed by atoms with Gasteiger partial charge in [-0.05, 0) is 47.8 Å². The Morgan fingerprint density at radius 2 is 2.10 bits per heavy atom. The number of carbonyl (C=O) groups excluding carboxylic acids is 1. The average molecular weight is 399 g/mol. The molecule has 0 bridgehead atoms. The minimum Gasteiger partial charge on any atom is -0.478 e. The van der Waals surface area contributed by atoms with Crippen LogP contribution in [0.25, 0.3) is 5.57 Å². The van der Waals surface area contributed by atoms with E-state index in [1.807, 2.05) is 24.3 Å². The van der Waals surface area contributed by atoms with Gasteiger partial charge in [-0.3, -0.25) is 4.79 Å². The topological polar surface area (TPSA) is 95.9 Å². The molecule has 1 unspecified atom stereocenters. The molecule has 7 heteroatoms. The van der Waals surface area contributed by atoms with Crippen molar-refractivity contribution in [2.24, 2.45) is 0 Å². The first kappa shape index (κ1) is 20.7. The molecule has 0 heterocycles. The molecule has 1 aromatic rings. The van der Waals surface area contributed by atoms with E-state index in [1.165, 1.54) is 6.08 Å². The van der Waals surface area contributed by atoms with Crippen LogP contribution >= 0.6 is 0 Å². The lowest BCUT2D eigenvalue weighted by Gasteiger charge is -2.12. The van der Waals surface area contributed by atoms with E-state index < -0.39 is 23.8 Å². The molecule has 3 rings (SSSR count). The lowest BCUT2D eigenvalue weighted by Crippen LogP contribution is -2.29. The molecule has 0 fully saturated rings. The van der Waals surface area contributed by atoms with Crippen LogP contribution in [0.2, 0.25) is 0 Å². The van der Waals surface area contributed by atoms with Gasteiger partial charge in [-0.15, -0.1) is 0 Å². The van der Waals surface area contributed by atoms with Crippen molar-refractivity contribution in [3.05, 3.63) is 76.3 Å². The lowest BCUT2D eigenvalue weighted by atomic mass is 10.0. The highest BCUT2D eigenvalue weighted by atomic mass is 19.1. The number of carboxylic acids is 1. The fourth-order valence-corrected chi connectivity index (χ4v) is 3.46. The highest BCUT2D eigenvalue weighted by molar-refractivity contribution is 6.04. The van der Waals surface area contributed by atoms with Crippen LogP contribution in [0.5, 0.6) is 0 Å². The van der Waals surface area contributed by atoms with Crippen molar-refractivity contribution >= 4 is 17.4 Å². The third-order valence-corrected chi connectivity index (χ3v) is 4.81. The molecule has 2 aliphatic rings. The summed E-state index contributed by atoms with van der Waals surface area (Å²) in [5.41, 5.74) is 2.40. The minimum absolute atomic E-state index is 0.105. The van der Waals surface area contributed by atoms with Gasteiger partial charge in [0, 0.05) is 24.8 Å². The first-order chi connectivity index (χ1) is 13.9. The van der Waals surface area contributed by atoms with Crippen LogP contribution in [0.1, 0.15) is 30.4 Å². The standard InChI is InChI=1S/C22H22FNO5/c1-29-12-13-3-2-4-14(9-13)15-5-6-17(11-16(23)10-15)24-21(26)20-18(22(27)28)7-8-19(20)25/h2-6,9-10,19,25H,7-8,11-12H2,1H3,(H,24,26)(H,27,28). The van der Waals surface area contributed by atoms with E-state index in [9.17, 15) is 24.2 Å². The van der Waals surface area contributed by atoms with Gasteiger partial charge in [-0.1, -0.05) is 24.3 Å². The number of hydrogen-bond donors (Lipinski definition) is 3. The second-order valence-electron chi connectivity index (χ2n) is 6.92. The predicted molar refractivity (Wildman–Crippen MR) is 105 cm³/mol. The number of amides is 1. The number of hydrogen-bond acceptors (Lipinski definition) is 4. The molecule has 1 aromatic carbocycles. The minimum atomic E-state index is -1.23. The van der Waals surface area contributed by atoms with E-state index in [-0.39, 0.29) is 36.1 Å². The molecular formula is C22H22FNO5. The molecule has 0 aromatic heterocycles. The van der Waals surface area contributed by atoms with E-state index >= 15 is 0 Å². The SMILES string of the molecule is COCc1cccc(C2=CC=C(NC(=O)C3=C(C(=O)O)CCC3O)CC(F)=C2)c1. The average Bonchev–Trinajstić information content (AvgIpc) is 2.97. The maximum Gasteiger partial charge on any atom is 0.332 e. The Morgan fingerprint density at radius 3 is 2.83 bits per heavy atom. The third-order valence-electron chi connectivity index (χ3n) is 4.81. The second kappa shape index (κ2) is 8.98. The number of allylic oxidation sites excluding steroid dienone is 5. The zero-order chi connectivity index (χ0) is 21.0. The van der Waals surface area contributed by atoms with Gasteiger partial charge in [0.05, 0.1) is 18.3 Å². The summed E-state index contributed by atoms with van der Waals surface area (Å²) in [6.45, 7) is 0.438. The summed E-state index contributed by atoms with van der Waals surface area (Å²) in [5, 5.41) is 21.7. The van der Waals surface area contributed by atoms with Crippen LogP contribution in [-0.2, 0) is 20.9 Å². The molecule has 152 valence electrons. The number of rotatable bonds is 6. The van der Waals surface area contributed by atoms with Gasteiger partial charge in [0.2, 0.25) is 0 Å². The second-order valence-corrected chi connectivity index (χ2v) is 6.92. The van der Waals surface area contributed by atoms with E-state index in [4.69, 9.17) is 4.74 Å². The van der Waals surface area contributed by atoms with Gasteiger partial charge in [0.1, 0.15) is 5.83 Å². The Bertz CT molecular complexity index is 958. The molecule has 0 saturated heterocycles. The maximum atomic E-state index is 14.4. The number of aliphatic carboxylic acids is 1.